The molecule has 0 aliphatic carbocycles. The van der Waals surface area contributed by atoms with E-state index in [0.29, 0.717) is 20.1 Å². The van der Waals surface area contributed by atoms with E-state index in [1.807, 2.05) is 12.1 Å². The van der Waals surface area contributed by atoms with Gasteiger partial charge in [0.05, 0.1) is 0 Å². The molecule has 9 heteroatoms. The normalized spacial score (nSPS) is 10.7. The van der Waals surface area contributed by atoms with E-state index in [0.717, 1.165) is 30.9 Å². The number of halogens is 8. The molecule has 0 aromatic heterocycles. The summed E-state index contributed by atoms with van der Waals surface area (Å²) < 4.78 is 52.6. The zero-order valence-corrected chi connectivity index (χ0v) is 20.5. The first-order chi connectivity index (χ1) is 12.7. The van der Waals surface area contributed by atoms with Crippen LogP contribution in [0.15, 0.2) is 76.3 Å². The highest BCUT2D eigenvalue weighted by atomic mass is 79.9. The number of benzene rings is 2. The molecule has 0 fully saturated rings. The lowest BCUT2D eigenvalue weighted by Gasteiger charge is -2.14. The molecule has 0 N–H and O–H groups in total. The van der Waals surface area contributed by atoms with Crippen LogP contribution >= 0.6 is 75.5 Å². The second-order valence-electron chi connectivity index (χ2n) is 5.17. The van der Waals surface area contributed by atoms with Crippen LogP contribution in [0.4, 0.5) is 17.6 Å². The van der Waals surface area contributed by atoms with Gasteiger partial charge in [-0.15, -0.1) is 0 Å². The van der Waals surface area contributed by atoms with Crippen LogP contribution in [-0.2, 0) is 12.8 Å². The minimum Gasteiger partial charge on any atom is -0.174 e. The van der Waals surface area contributed by atoms with Gasteiger partial charge >= 0.3 is 0 Å². The summed E-state index contributed by atoms with van der Waals surface area (Å²) in [5, 5.41) is 0. The van der Waals surface area contributed by atoms with Gasteiger partial charge in [-0.05, 0) is 92.2 Å². The minimum atomic E-state index is -1.74. The summed E-state index contributed by atoms with van der Waals surface area (Å²) in [4.78, 5) is 1.64. The molecule has 0 unspecified atom stereocenters. The largest absolute Gasteiger partial charge is 0.266 e. The van der Waals surface area contributed by atoms with Crippen molar-refractivity contribution >= 4 is 75.5 Å². The van der Waals surface area contributed by atoms with E-state index in [-0.39, 0.29) is 12.8 Å². The topological polar surface area (TPSA) is 0 Å². The summed E-state index contributed by atoms with van der Waals surface area (Å²) in [6, 6.07) is 7.29. The monoisotopic (exact) mass is 650 g/mol. The molecule has 0 saturated heterocycles. The maximum Gasteiger partial charge on any atom is 0.266 e. The van der Waals surface area contributed by atoms with Gasteiger partial charge < -0.3 is 0 Å². The summed E-state index contributed by atoms with van der Waals surface area (Å²) in [5.41, 5.74) is 1.40. The Morgan fingerprint density at radius 1 is 0.704 bits per heavy atom. The van der Waals surface area contributed by atoms with Crippen LogP contribution in [0.2, 0.25) is 0 Å². The molecule has 0 aliphatic rings. The number of rotatable bonds is 6. The van der Waals surface area contributed by atoms with E-state index in [4.69, 9.17) is 0 Å². The SMILES string of the molecule is FC(F)=CCc1c(Br)ccc(Sc2ccc(Br)c(CC=C(F)F)c2Br)c1Br. The lowest BCUT2D eigenvalue weighted by molar-refractivity contribution is 0.418. The van der Waals surface area contributed by atoms with Gasteiger partial charge in [0.15, 0.2) is 0 Å². The molecular formula is C18H10Br4F4S. The molecule has 0 atom stereocenters. The summed E-state index contributed by atoms with van der Waals surface area (Å²) in [6.45, 7) is 0. The molecule has 144 valence electrons. The second-order valence-corrected chi connectivity index (χ2v) is 9.55. The Morgan fingerprint density at radius 3 is 1.41 bits per heavy atom. The number of allylic oxidation sites excluding steroid dienone is 2. The first kappa shape index (κ1) is 23.2. The van der Waals surface area contributed by atoms with Gasteiger partial charge in [0.25, 0.3) is 12.2 Å². The van der Waals surface area contributed by atoms with Crippen molar-refractivity contribution in [2.45, 2.75) is 22.6 Å². The summed E-state index contributed by atoms with van der Waals surface area (Å²) >= 11 is 15.1. The Hall–Kier alpha value is -0.0900. The summed E-state index contributed by atoms with van der Waals surface area (Å²) in [7, 11) is 0. The van der Waals surface area contributed by atoms with Gasteiger partial charge in [0.1, 0.15) is 0 Å². The molecule has 0 saturated carbocycles. The number of hydrogen-bond acceptors (Lipinski definition) is 1. The highest BCUT2D eigenvalue weighted by Gasteiger charge is 2.15. The van der Waals surface area contributed by atoms with Gasteiger partial charge in [-0.3, -0.25) is 0 Å². The Labute approximate surface area is 192 Å². The molecule has 0 radical (unpaired) electrons. The van der Waals surface area contributed by atoms with E-state index in [1.54, 1.807) is 12.1 Å². The van der Waals surface area contributed by atoms with Crippen LogP contribution in [-0.4, -0.2) is 0 Å². The molecule has 2 aromatic rings. The average molecular weight is 654 g/mol. The van der Waals surface area contributed by atoms with Gasteiger partial charge in [0.2, 0.25) is 0 Å². The lowest BCUT2D eigenvalue weighted by Crippen LogP contribution is -1.92. The van der Waals surface area contributed by atoms with Crippen LogP contribution in [0, 0.1) is 0 Å². The molecule has 0 heterocycles. The average Bonchev–Trinajstić information content (AvgIpc) is 2.58. The predicted octanol–water partition coefficient (Wildman–Crippen LogP) is 9.53. The highest BCUT2D eigenvalue weighted by molar-refractivity contribution is 9.11. The third-order valence-electron chi connectivity index (χ3n) is 3.44. The highest BCUT2D eigenvalue weighted by Crippen LogP contribution is 2.43. The fraction of sp³-hybridized carbons (Fsp3) is 0.111. The summed E-state index contributed by atoms with van der Waals surface area (Å²) in [6.07, 6.45) is -1.62. The second kappa shape index (κ2) is 10.6. The van der Waals surface area contributed by atoms with Crippen molar-refractivity contribution < 1.29 is 17.6 Å². The lowest BCUT2D eigenvalue weighted by atomic mass is 10.1. The quantitative estimate of drug-likeness (QED) is 0.280. The Bertz CT molecular complexity index is 831. The molecule has 0 bridgehead atoms. The van der Waals surface area contributed by atoms with E-state index < -0.39 is 12.2 Å². The standard InChI is InChI=1S/C18H10Br4F4S/c19-11-3-5-13(17(21)9(11)1-7-15(23)24)27-14-6-4-12(20)10(18(14)22)2-8-16(25)26/h3-8H,1-2H2. The van der Waals surface area contributed by atoms with Crippen LogP contribution in [0.3, 0.4) is 0 Å². The third-order valence-corrected chi connectivity index (χ3v) is 8.38. The van der Waals surface area contributed by atoms with Gasteiger partial charge in [-0.1, -0.05) is 43.6 Å². The third kappa shape index (κ3) is 6.45. The molecule has 2 aromatic carbocycles. The van der Waals surface area contributed by atoms with Crippen LogP contribution in [0.1, 0.15) is 11.1 Å². The van der Waals surface area contributed by atoms with E-state index in [9.17, 15) is 17.6 Å². The minimum absolute atomic E-state index is 0.0746. The van der Waals surface area contributed by atoms with Crippen molar-refractivity contribution in [3.05, 3.63) is 77.6 Å². The van der Waals surface area contributed by atoms with Crippen LogP contribution < -0.4 is 0 Å². The fourth-order valence-corrected chi connectivity index (χ4v) is 6.11. The van der Waals surface area contributed by atoms with Crippen molar-refractivity contribution in [3.8, 4) is 0 Å². The van der Waals surface area contributed by atoms with Crippen molar-refractivity contribution in [1.82, 2.24) is 0 Å². The van der Waals surface area contributed by atoms with E-state index in [1.165, 1.54) is 11.8 Å². The molecule has 27 heavy (non-hydrogen) atoms. The maximum atomic E-state index is 12.5. The zero-order valence-electron chi connectivity index (χ0n) is 13.3. The molecule has 0 aliphatic heterocycles. The molecule has 2 rings (SSSR count). The van der Waals surface area contributed by atoms with Gasteiger partial charge in [-0.2, -0.15) is 17.6 Å². The fourth-order valence-electron chi connectivity index (χ4n) is 2.16. The van der Waals surface area contributed by atoms with Gasteiger partial charge in [0, 0.05) is 27.7 Å². The Balaban J connectivity index is 2.40. The smallest absolute Gasteiger partial charge is 0.174 e. The first-order valence-electron chi connectivity index (χ1n) is 7.34. The Kier molecular flexibility index (Phi) is 9.12. The molecule has 0 nitrogen and oxygen atoms in total. The van der Waals surface area contributed by atoms with Crippen molar-refractivity contribution in [1.29, 1.82) is 0 Å². The van der Waals surface area contributed by atoms with Crippen molar-refractivity contribution in [2.24, 2.45) is 0 Å². The Morgan fingerprint density at radius 2 is 1.07 bits per heavy atom. The van der Waals surface area contributed by atoms with Crippen molar-refractivity contribution in [2.75, 3.05) is 0 Å². The summed E-state index contributed by atoms with van der Waals surface area (Å²) in [5.74, 6) is 0. The van der Waals surface area contributed by atoms with E-state index >= 15 is 0 Å². The molecular weight excluding hydrogens is 644 g/mol. The predicted molar refractivity (Wildman–Crippen MR) is 116 cm³/mol. The van der Waals surface area contributed by atoms with Crippen LogP contribution in [0.25, 0.3) is 0 Å². The molecule has 0 spiro atoms. The van der Waals surface area contributed by atoms with Gasteiger partial charge in [-0.25, -0.2) is 0 Å². The van der Waals surface area contributed by atoms with E-state index in [2.05, 4.69) is 63.7 Å². The molecule has 0 amide bonds. The zero-order chi connectivity index (χ0) is 20.1. The first-order valence-corrected chi connectivity index (χ1v) is 11.3. The number of hydrogen-bond donors (Lipinski definition) is 0. The van der Waals surface area contributed by atoms with Crippen LogP contribution in [0.5, 0.6) is 0 Å². The maximum absolute atomic E-state index is 12.5. The van der Waals surface area contributed by atoms with Crippen molar-refractivity contribution in [3.63, 3.8) is 0 Å².